The molecule has 0 saturated heterocycles. The van der Waals surface area contributed by atoms with Crippen LogP contribution in [0, 0.1) is 5.92 Å². The topological polar surface area (TPSA) is 35.5 Å². The average molecular weight is 283 g/mol. The van der Waals surface area contributed by atoms with E-state index in [-0.39, 0.29) is 6.10 Å². The fourth-order valence-electron chi connectivity index (χ4n) is 2.66. The average Bonchev–Trinajstić information content (AvgIpc) is 2.34. The standard InChI is InChI=1S/C15H23ClN2O/c1-3-17-9-12-8-13(16)4-5-15(12)18(2)10-11-6-14(19)7-11/h4-5,8,11,14,17,19H,3,6-7,9-10H2,1-2H3. The first-order chi connectivity index (χ1) is 9.10. The molecule has 3 nitrogen and oxygen atoms in total. The van der Waals surface area contributed by atoms with Crippen molar-refractivity contribution in [2.24, 2.45) is 5.92 Å². The zero-order valence-electron chi connectivity index (χ0n) is 11.7. The van der Waals surface area contributed by atoms with Gasteiger partial charge in [-0.2, -0.15) is 0 Å². The summed E-state index contributed by atoms with van der Waals surface area (Å²) in [6.07, 6.45) is 1.78. The smallest absolute Gasteiger partial charge is 0.0546 e. The van der Waals surface area contributed by atoms with Gasteiger partial charge in [0.05, 0.1) is 6.10 Å². The summed E-state index contributed by atoms with van der Waals surface area (Å²) in [6.45, 7) is 4.88. The summed E-state index contributed by atoms with van der Waals surface area (Å²) >= 11 is 6.08. The van der Waals surface area contributed by atoms with E-state index in [1.165, 1.54) is 11.3 Å². The predicted octanol–water partition coefficient (Wildman–Crippen LogP) is 2.66. The fourth-order valence-corrected chi connectivity index (χ4v) is 2.86. The van der Waals surface area contributed by atoms with Crippen molar-refractivity contribution in [2.45, 2.75) is 32.4 Å². The van der Waals surface area contributed by atoms with Gasteiger partial charge in [-0.1, -0.05) is 18.5 Å². The Kier molecular flexibility index (Phi) is 5.08. The first-order valence-electron chi connectivity index (χ1n) is 6.98. The van der Waals surface area contributed by atoms with Crippen LogP contribution in [-0.4, -0.2) is 31.3 Å². The maximum absolute atomic E-state index is 9.36. The SMILES string of the molecule is CCNCc1cc(Cl)ccc1N(C)CC1CC(O)C1. The van der Waals surface area contributed by atoms with E-state index in [0.717, 1.165) is 37.5 Å². The third kappa shape index (κ3) is 3.85. The highest BCUT2D eigenvalue weighted by Crippen LogP contribution is 2.30. The minimum Gasteiger partial charge on any atom is -0.393 e. The molecule has 19 heavy (non-hydrogen) atoms. The number of nitrogens with zero attached hydrogens (tertiary/aromatic N) is 1. The maximum atomic E-state index is 9.36. The van der Waals surface area contributed by atoms with Gasteiger partial charge in [-0.3, -0.25) is 0 Å². The summed E-state index contributed by atoms with van der Waals surface area (Å²) in [5.41, 5.74) is 2.46. The second kappa shape index (κ2) is 6.60. The van der Waals surface area contributed by atoms with Crippen molar-refractivity contribution >= 4 is 17.3 Å². The summed E-state index contributed by atoms with van der Waals surface area (Å²) in [6, 6.07) is 6.06. The van der Waals surface area contributed by atoms with Gasteiger partial charge >= 0.3 is 0 Å². The van der Waals surface area contributed by atoms with E-state index >= 15 is 0 Å². The lowest BCUT2D eigenvalue weighted by molar-refractivity contribution is 0.0464. The van der Waals surface area contributed by atoms with Crippen LogP contribution in [0.25, 0.3) is 0 Å². The number of halogens is 1. The fraction of sp³-hybridized carbons (Fsp3) is 0.600. The van der Waals surface area contributed by atoms with E-state index < -0.39 is 0 Å². The van der Waals surface area contributed by atoms with Gasteiger partial charge in [0.15, 0.2) is 0 Å². The molecule has 1 saturated carbocycles. The predicted molar refractivity (Wildman–Crippen MR) is 80.8 cm³/mol. The Morgan fingerprint density at radius 1 is 1.42 bits per heavy atom. The zero-order chi connectivity index (χ0) is 13.8. The van der Waals surface area contributed by atoms with Crippen molar-refractivity contribution < 1.29 is 5.11 Å². The molecule has 0 unspecified atom stereocenters. The molecule has 2 rings (SSSR count). The summed E-state index contributed by atoms with van der Waals surface area (Å²) in [5.74, 6) is 0.614. The highest BCUT2D eigenvalue weighted by Gasteiger charge is 2.28. The van der Waals surface area contributed by atoms with E-state index in [9.17, 15) is 5.11 Å². The largest absolute Gasteiger partial charge is 0.393 e. The molecule has 0 bridgehead atoms. The molecule has 0 spiro atoms. The molecule has 106 valence electrons. The number of nitrogens with one attached hydrogen (secondary N) is 1. The van der Waals surface area contributed by atoms with Crippen LogP contribution in [0.2, 0.25) is 5.02 Å². The third-order valence-corrected chi connectivity index (χ3v) is 4.00. The van der Waals surface area contributed by atoms with Crippen molar-refractivity contribution in [3.8, 4) is 0 Å². The molecule has 1 aliphatic carbocycles. The van der Waals surface area contributed by atoms with Gasteiger partial charge in [-0.05, 0) is 49.1 Å². The molecule has 1 aromatic rings. The molecule has 4 heteroatoms. The van der Waals surface area contributed by atoms with Gasteiger partial charge in [-0.25, -0.2) is 0 Å². The monoisotopic (exact) mass is 282 g/mol. The van der Waals surface area contributed by atoms with Gasteiger partial charge in [0.25, 0.3) is 0 Å². The van der Waals surface area contributed by atoms with Crippen LogP contribution in [0.4, 0.5) is 5.69 Å². The summed E-state index contributed by atoms with van der Waals surface area (Å²) in [5, 5.41) is 13.5. The Labute approximate surface area is 120 Å². The van der Waals surface area contributed by atoms with Gasteiger partial charge in [0.1, 0.15) is 0 Å². The molecule has 1 aliphatic rings. The van der Waals surface area contributed by atoms with Crippen LogP contribution in [0.5, 0.6) is 0 Å². The molecule has 0 amide bonds. The Morgan fingerprint density at radius 3 is 2.79 bits per heavy atom. The van der Waals surface area contributed by atoms with E-state index in [4.69, 9.17) is 11.6 Å². The Morgan fingerprint density at radius 2 is 2.16 bits per heavy atom. The maximum Gasteiger partial charge on any atom is 0.0546 e. The number of rotatable bonds is 6. The Hall–Kier alpha value is -0.770. The molecule has 1 fully saturated rings. The highest BCUT2D eigenvalue weighted by molar-refractivity contribution is 6.30. The summed E-state index contributed by atoms with van der Waals surface area (Å²) in [4.78, 5) is 2.28. The molecule has 0 atom stereocenters. The molecular formula is C15H23ClN2O. The van der Waals surface area contributed by atoms with Crippen molar-refractivity contribution in [3.05, 3.63) is 28.8 Å². The number of aliphatic hydroxyl groups excluding tert-OH is 1. The minimum atomic E-state index is -0.0788. The summed E-state index contributed by atoms with van der Waals surface area (Å²) < 4.78 is 0. The van der Waals surface area contributed by atoms with Crippen LogP contribution in [0.1, 0.15) is 25.3 Å². The van der Waals surface area contributed by atoms with Crippen LogP contribution < -0.4 is 10.2 Å². The molecule has 0 aromatic heterocycles. The number of hydrogen-bond acceptors (Lipinski definition) is 3. The number of hydrogen-bond donors (Lipinski definition) is 2. The Balaban J connectivity index is 2.04. The van der Waals surface area contributed by atoms with E-state index in [1.807, 2.05) is 12.1 Å². The van der Waals surface area contributed by atoms with E-state index in [2.05, 4.69) is 30.3 Å². The van der Waals surface area contributed by atoms with Crippen molar-refractivity contribution in [3.63, 3.8) is 0 Å². The molecular weight excluding hydrogens is 260 g/mol. The molecule has 0 aliphatic heterocycles. The van der Waals surface area contributed by atoms with Crippen molar-refractivity contribution in [2.75, 3.05) is 25.0 Å². The van der Waals surface area contributed by atoms with Gasteiger partial charge in [-0.15, -0.1) is 0 Å². The lowest BCUT2D eigenvalue weighted by Gasteiger charge is -2.35. The number of benzene rings is 1. The minimum absolute atomic E-state index is 0.0788. The van der Waals surface area contributed by atoms with Crippen LogP contribution in [0.15, 0.2) is 18.2 Å². The second-order valence-corrected chi connectivity index (χ2v) is 5.86. The molecule has 0 radical (unpaired) electrons. The van der Waals surface area contributed by atoms with Crippen LogP contribution in [0.3, 0.4) is 0 Å². The van der Waals surface area contributed by atoms with Crippen LogP contribution in [-0.2, 0) is 6.54 Å². The van der Waals surface area contributed by atoms with E-state index in [0.29, 0.717) is 5.92 Å². The first-order valence-corrected chi connectivity index (χ1v) is 7.36. The zero-order valence-corrected chi connectivity index (χ0v) is 12.5. The molecule has 0 heterocycles. The van der Waals surface area contributed by atoms with Crippen LogP contribution >= 0.6 is 11.6 Å². The normalized spacial score (nSPS) is 22.1. The summed E-state index contributed by atoms with van der Waals surface area (Å²) in [7, 11) is 2.11. The van der Waals surface area contributed by atoms with Crippen molar-refractivity contribution in [1.82, 2.24) is 5.32 Å². The van der Waals surface area contributed by atoms with E-state index in [1.54, 1.807) is 0 Å². The first kappa shape index (κ1) is 14.6. The number of anilines is 1. The second-order valence-electron chi connectivity index (χ2n) is 5.43. The number of aliphatic hydroxyl groups is 1. The van der Waals surface area contributed by atoms with Gasteiger partial charge < -0.3 is 15.3 Å². The Bertz CT molecular complexity index is 419. The van der Waals surface area contributed by atoms with Crippen molar-refractivity contribution in [1.29, 1.82) is 0 Å². The quantitative estimate of drug-likeness (QED) is 0.842. The van der Waals surface area contributed by atoms with Gasteiger partial charge in [0.2, 0.25) is 0 Å². The molecule has 1 aromatic carbocycles. The lowest BCUT2D eigenvalue weighted by Crippen LogP contribution is -2.37. The lowest BCUT2D eigenvalue weighted by atomic mass is 9.82. The highest BCUT2D eigenvalue weighted by atomic mass is 35.5. The van der Waals surface area contributed by atoms with Gasteiger partial charge in [0, 0.05) is 30.8 Å². The molecule has 2 N–H and O–H groups in total. The third-order valence-electron chi connectivity index (χ3n) is 3.76.